The summed E-state index contributed by atoms with van der Waals surface area (Å²) in [5.41, 5.74) is 1.05. The topological polar surface area (TPSA) is 102 Å². The molecule has 1 aromatic heterocycles. The average Bonchev–Trinajstić information content (AvgIpc) is 2.63. The van der Waals surface area contributed by atoms with Crippen molar-refractivity contribution in [3.8, 4) is 0 Å². The van der Waals surface area contributed by atoms with Gasteiger partial charge in [0.2, 0.25) is 0 Å². The van der Waals surface area contributed by atoms with Crippen LogP contribution in [0.25, 0.3) is 0 Å². The van der Waals surface area contributed by atoms with Crippen LogP contribution >= 0.6 is 11.3 Å². The van der Waals surface area contributed by atoms with Crippen LogP contribution in [-0.4, -0.2) is 43.3 Å². The summed E-state index contributed by atoms with van der Waals surface area (Å²) in [5.74, 6) is -2.22. The summed E-state index contributed by atoms with van der Waals surface area (Å²) in [6, 6.07) is 0. The van der Waals surface area contributed by atoms with Crippen molar-refractivity contribution in [3.63, 3.8) is 0 Å². The number of ether oxygens (including phenoxy) is 2. The largest absolute Gasteiger partial charge is 0.480 e. The third kappa shape index (κ3) is 4.04. The highest BCUT2D eigenvalue weighted by atomic mass is 32.1. The lowest BCUT2D eigenvalue weighted by molar-refractivity contribution is -0.143. The number of carbonyl (C=O) groups is 3. The van der Waals surface area contributed by atoms with E-state index in [1.807, 2.05) is 6.92 Å². The molecule has 0 aliphatic carbocycles. The van der Waals surface area contributed by atoms with Crippen molar-refractivity contribution in [2.24, 2.45) is 0 Å². The molecule has 1 heterocycles. The minimum Gasteiger partial charge on any atom is -0.480 e. The predicted octanol–water partition coefficient (Wildman–Crippen LogP) is 1.19. The molecule has 0 unspecified atom stereocenters. The second-order valence-corrected chi connectivity index (χ2v) is 5.14. The number of methoxy groups -OCH3 is 1. The first-order chi connectivity index (χ1) is 9.36. The van der Waals surface area contributed by atoms with E-state index in [1.54, 1.807) is 6.92 Å². The molecule has 0 fully saturated rings. The number of esters is 1. The number of amides is 1. The molecule has 0 saturated carbocycles. The Hall–Kier alpha value is -1.93. The second kappa shape index (κ2) is 7.01. The summed E-state index contributed by atoms with van der Waals surface area (Å²) in [7, 11) is 1.26. The Balaban J connectivity index is 2.77. The number of hydrogen-bond acceptors (Lipinski definition) is 6. The molecule has 1 aromatic rings. The van der Waals surface area contributed by atoms with Crippen molar-refractivity contribution in [2.75, 3.05) is 25.6 Å². The van der Waals surface area contributed by atoms with E-state index < -0.39 is 31.1 Å². The van der Waals surface area contributed by atoms with Crippen molar-refractivity contribution in [1.82, 2.24) is 0 Å². The molecule has 8 heteroatoms. The van der Waals surface area contributed by atoms with Gasteiger partial charge in [-0.2, -0.15) is 0 Å². The molecule has 0 bridgehead atoms. The second-order valence-electron chi connectivity index (χ2n) is 3.91. The quantitative estimate of drug-likeness (QED) is 0.765. The first kappa shape index (κ1) is 16.1. The molecule has 0 atom stereocenters. The van der Waals surface area contributed by atoms with Gasteiger partial charge in [0.1, 0.15) is 18.2 Å². The first-order valence-corrected chi connectivity index (χ1v) is 6.46. The van der Waals surface area contributed by atoms with Crippen LogP contribution in [0.5, 0.6) is 0 Å². The number of aliphatic carboxylic acids is 1. The number of carbonyl (C=O) groups excluding carboxylic acids is 2. The van der Waals surface area contributed by atoms with E-state index in [1.165, 1.54) is 18.4 Å². The normalized spacial score (nSPS) is 10.2. The van der Waals surface area contributed by atoms with Crippen LogP contribution in [0.4, 0.5) is 5.00 Å². The van der Waals surface area contributed by atoms with Crippen molar-refractivity contribution in [3.05, 3.63) is 16.0 Å². The molecule has 0 aromatic carbocycles. The van der Waals surface area contributed by atoms with E-state index in [-0.39, 0.29) is 0 Å². The molecule has 20 heavy (non-hydrogen) atoms. The van der Waals surface area contributed by atoms with E-state index in [9.17, 15) is 14.4 Å². The Labute approximate surface area is 119 Å². The Morgan fingerprint density at radius 3 is 2.45 bits per heavy atom. The fourth-order valence-corrected chi connectivity index (χ4v) is 2.52. The van der Waals surface area contributed by atoms with Gasteiger partial charge in [0, 0.05) is 4.88 Å². The van der Waals surface area contributed by atoms with Gasteiger partial charge in [0.15, 0.2) is 0 Å². The van der Waals surface area contributed by atoms with Gasteiger partial charge in [-0.05, 0) is 19.4 Å². The van der Waals surface area contributed by atoms with Gasteiger partial charge >= 0.3 is 11.9 Å². The Morgan fingerprint density at radius 2 is 1.90 bits per heavy atom. The number of carboxylic acid groups (broad SMARTS) is 1. The third-order valence-corrected chi connectivity index (χ3v) is 3.61. The maximum Gasteiger partial charge on any atom is 0.341 e. The minimum absolute atomic E-state index is 0.307. The molecule has 0 radical (unpaired) electrons. The molecule has 7 nitrogen and oxygen atoms in total. The van der Waals surface area contributed by atoms with Crippen LogP contribution in [0.2, 0.25) is 0 Å². The summed E-state index contributed by atoms with van der Waals surface area (Å²) in [4.78, 5) is 34.4. The summed E-state index contributed by atoms with van der Waals surface area (Å²) >= 11 is 1.25. The fraction of sp³-hybridized carbons (Fsp3) is 0.417. The number of aryl methyl sites for hydroxylation is 1. The summed E-state index contributed by atoms with van der Waals surface area (Å²) < 4.78 is 9.34. The predicted molar refractivity (Wildman–Crippen MR) is 72.2 cm³/mol. The highest BCUT2D eigenvalue weighted by Crippen LogP contribution is 2.32. The van der Waals surface area contributed by atoms with E-state index in [4.69, 9.17) is 5.11 Å². The van der Waals surface area contributed by atoms with Gasteiger partial charge in [-0.1, -0.05) is 0 Å². The molecule has 1 amide bonds. The van der Waals surface area contributed by atoms with E-state index >= 15 is 0 Å². The number of anilines is 1. The number of rotatable bonds is 6. The summed E-state index contributed by atoms with van der Waals surface area (Å²) in [6.45, 7) is 2.63. The maximum absolute atomic E-state index is 11.7. The highest BCUT2D eigenvalue weighted by molar-refractivity contribution is 7.16. The standard InChI is InChI=1S/C12H15NO6S/c1-6-7(2)20-11(10(6)12(17)18-3)13-8(14)4-19-5-9(15)16/h4-5H2,1-3H3,(H,13,14)(H,15,16). The lowest BCUT2D eigenvalue weighted by Gasteiger charge is -2.06. The molecule has 110 valence electrons. The lowest BCUT2D eigenvalue weighted by atomic mass is 10.1. The van der Waals surface area contributed by atoms with Gasteiger partial charge < -0.3 is 19.9 Å². The minimum atomic E-state index is -1.16. The van der Waals surface area contributed by atoms with Crippen molar-refractivity contribution < 1.29 is 29.0 Å². The first-order valence-electron chi connectivity index (χ1n) is 5.64. The summed E-state index contributed by atoms with van der Waals surface area (Å²) in [6.07, 6.45) is 0. The number of nitrogens with one attached hydrogen (secondary N) is 1. The molecule has 2 N–H and O–H groups in total. The van der Waals surface area contributed by atoms with Crippen LogP contribution in [0.15, 0.2) is 0 Å². The van der Waals surface area contributed by atoms with Crippen LogP contribution < -0.4 is 5.32 Å². The fourth-order valence-electron chi connectivity index (χ4n) is 1.46. The lowest BCUT2D eigenvalue weighted by Crippen LogP contribution is -2.21. The van der Waals surface area contributed by atoms with Gasteiger partial charge in [-0.3, -0.25) is 4.79 Å². The summed E-state index contributed by atoms with van der Waals surface area (Å²) in [5, 5.41) is 11.3. The van der Waals surface area contributed by atoms with Gasteiger partial charge in [0.05, 0.1) is 12.7 Å². The molecule has 0 spiro atoms. The maximum atomic E-state index is 11.7. The average molecular weight is 301 g/mol. The van der Waals surface area contributed by atoms with E-state index in [0.29, 0.717) is 10.6 Å². The monoisotopic (exact) mass is 301 g/mol. The van der Waals surface area contributed by atoms with E-state index in [2.05, 4.69) is 14.8 Å². The van der Waals surface area contributed by atoms with Crippen molar-refractivity contribution in [1.29, 1.82) is 0 Å². The molecule has 0 aliphatic heterocycles. The SMILES string of the molecule is COC(=O)c1c(NC(=O)COCC(=O)O)sc(C)c1C. The van der Waals surface area contributed by atoms with Gasteiger partial charge in [0.25, 0.3) is 5.91 Å². The Kier molecular flexibility index (Phi) is 5.66. The molecule has 1 rings (SSSR count). The Bertz CT molecular complexity index is 536. The Morgan fingerprint density at radius 1 is 1.25 bits per heavy atom. The van der Waals surface area contributed by atoms with Gasteiger partial charge in [-0.15, -0.1) is 11.3 Å². The van der Waals surface area contributed by atoms with Crippen LogP contribution in [-0.2, 0) is 19.1 Å². The molecule has 0 saturated heterocycles. The molecular weight excluding hydrogens is 286 g/mol. The third-order valence-electron chi connectivity index (χ3n) is 2.49. The number of hydrogen-bond donors (Lipinski definition) is 2. The van der Waals surface area contributed by atoms with Gasteiger partial charge in [-0.25, -0.2) is 9.59 Å². The molecule has 0 aliphatic rings. The van der Waals surface area contributed by atoms with E-state index in [0.717, 1.165) is 10.4 Å². The van der Waals surface area contributed by atoms with Crippen LogP contribution in [0.3, 0.4) is 0 Å². The zero-order valence-electron chi connectivity index (χ0n) is 11.3. The highest BCUT2D eigenvalue weighted by Gasteiger charge is 2.21. The number of carboxylic acids is 1. The smallest absolute Gasteiger partial charge is 0.341 e. The zero-order chi connectivity index (χ0) is 15.3. The zero-order valence-corrected chi connectivity index (χ0v) is 12.1. The van der Waals surface area contributed by atoms with Crippen molar-refractivity contribution >= 4 is 34.2 Å². The van der Waals surface area contributed by atoms with Crippen LogP contribution in [0.1, 0.15) is 20.8 Å². The number of thiophene rings is 1. The van der Waals surface area contributed by atoms with Crippen molar-refractivity contribution in [2.45, 2.75) is 13.8 Å². The van der Waals surface area contributed by atoms with Crippen LogP contribution in [0, 0.1) is 13.8 Å². The molecular formula is C12H15NO6S.